The highest BCUT2D eigenvalue weighted by Gasteiger charge is 2.37. The summed E-state index contributed by atoms with van der Waals surface area (Å²) in [6, 6.07) is 1.68. The highest BCUT2D eigenvalue weighted by molar-refractivity contribution is 5.80. The van der Waals surface area contributed by atoms with Gasteiger partial charge in [-0.25, -0.2) is 4.39 Å². The van der Waals surface area contributed by atoms with E-state index in [1.165, 1.54) is 4.90 Å². The summed E-state index contributed by atoms with van der Waals surface area (Å²) in [5.74, 6) is -1.62. The zero-order valence-electron chi connectivity index (χ0n) is 11.9. The van der Waals surface area contributed by atoms with Gasteiger partial charge < -0.3 is 10.5 Å². The number of halogens is 4. The first-order valence-electron chi connectivity index (χ1n) is 6.70. The lowest BCUT2D eigenvalue weighted by atomic mass is 10.0. The van der Waals surface area contributed by atoms with Gasteiger partial charge in [0.1, 0.15) is 11.9 Å². The Morgan fingerprint density at radius 1 is 1.45 bits per heavy atom. The molecule has 1 amide bonds. The molecule has 2 atom stereocenters. The van der Waals surface area contributed by atoms with Crippen molar-refractivity contribution >= 4 is 5.91 Å². The molecular formula is C14H16F4N2O2. The van der Waals surface area contributed by atoms with Gasteiger partial charge in [0, 0.05) is 13.1 Å². The van der Waals surface area contributed by atoms with Gasteiger partial charge in [0.15, 0.2) is 0 Å². The van der Waals surface area contributed by atoms with E-state index in [-0.39, 0.29) is 25.3 Å². The molecule has 0 unspecified atom stereocenters. The number of carbonyl (C=O) groups excluding carboxylic acids is 1. The molecule has 2 rings (SSSR count). The summed E-state index contributed by atoms with van der Waals surface area (Å²) in [6.07, 6.45) is -5.18. The maximum absolute atomic E-state index is 13.1. The molecule has 4 nitrogen and oxygen atoms in total. The summed E-state index contributed by atoms with van der Waals surface area (Å²) in [7, 11) is 0. The minimum Gasteiger partial charge on any atom is -0.375 e. The van der Waals surface area contributed by atoms with Gasteiger partial charge in [-0.1, -0.05) is 6.07 Å². The van der Waals surface area contributed by atoms with Crippen molar-refractivity contribution in [3.05, 3.63) is 35.1 Å². The van der Waals surface area contributed by atoms with Crippen molar-refractivity contribution in [2.24, 2.45) is 5.73 Å². The van der Waals surface area contributed by atoms with E-state index in [2.05, 4.69) is 0 Å². The monoisotopic (exact) mass is 320 g/mol. The molecule has 0 radical (unpaired) electrons. The Bertz CT molecular complexity index is 562. The molecule has 2 N–H and O–H groups in total. The first-order chi connectivity index (χ1) is 10.2. The van der Waals surface area contributed by atoms with Crippen LogP contribution in [0.15, 0.2) is 18.2 Å². The minimum atomic E-state index is -4.67. The smallest absolute Gasteiger partial charge is 0.375 e. The van der Waals surface area contributed by atoms with Crippen molar-refractivity contribution in [3.63, 3.8) is 0 Å². The number of morpholine rings is 1. The quantitative estimate of drug-likeness (QED) is 0.866. The third kappa shape index (κ3) is 3.56. The lowest BCUT2D eigenvalue weighted by molar-refractivity contribution is -0.140. The van der Waals surface area contributed by atoms with Crippen LogP contribution in [0.2, 0.25) is 0 Å². The van der Waals surface area contributed by atoms with Crippen LogP contribution >= 0.6 is 0 Å². The van der Waals surface area contributed by atoms with Gasteiger partial charge >= 0.3 is 6.18 Å². The Morgan fingerprint density at radius 2 is 2.14 bits per heavy atom. The standard InChI is InChI=1S/C14H16F4N2O2/c1-8-12(13(19)21)20(4-5-22-8)7-9-2-3-10(15)6-11(9)14(16,17)18/h2-3,6,8,12H,4-5,7H2,1H3,(H2,19,21)/t8-,12+/m1/s1. The van der Waals surface area contributed by atoms with E-state index in [0.717, 1.165) is 12.1 Å². The molecular weight excluding hydrogens is 304 g/mol. The van der Waals surface area contributed by atoms with Crippen LogP contribution in [0.3, 0.4) is 0 Å². The summed E-state index contributed by atoms with van der Waals surface area (Å²) in [5.41, 5.74) is 4.16. The molecule has 1 heterocycles. The molecule has 0 bridgehead atoms. The molecule has 22 heavy (non-hydrogen) atoms. The van der Waals surface area contributed by atoms with E-state index < -0.39 is 35.6 Å². The van der Waals surface area contributed by atoms with Crippen LogP contribution in [0.5, 0.6) is 0 Å². The normalized spacial score (nSPS) is 23.5. The number of hydrogen-bond acceptors (Lipinski definition) is 3. The molecule has 0 aromatic heterocycles. The molecule has 0 saturated carbocycles. The van der Waals surface area contributed by atoms with Gasteiger partial charge in [0.05, 0.1) is 18.3 Å². The topological polar surface area (TPSA) is 55.6 Å². The predicted octanol–water partition coefficient (Wildman–Crippen LogP) is 1.92. The molecule has 8 heteroatoms. The third-order valence-electron chi connectivity index (χ3n) is 3.64. The van der Waals surface area contributed by atoms with Gasteiger partial charge in [0.2, 0.25) is 5.91 Å². The molecule has 1 fully saturated rings. The fourth-order valence-electron chi connectivity index (χ4n) is 2.64. The zero-order chi connectivity index (χ0) is 16.5. The van der Waals surface area contributed by atoms with Crippen LogP contribution < -0.4 is 5.73 Å². The summed E-state index contributed by atoms with van der Waals surface area (Å²) >= 11 is 0. The summed E-state index contributed by atoms with van der Waals surface area (Å²) in [6.45, 7) is 2.04. The van der Waals surface area contributed by atoms with Crippen LogP contribution in [-0.4, -0.2) is 36.1 Å². The second-order valence-electron chi connectivity index (χ2n) is 5.19. The van der Waals surface area contributed by atoms with Crippen molar-refractivity contribution in [1.29, 1.82) is 0 Å². The Balaban J connectivity index is 2.31. The SMILES string of the molecule is C[C@H]1OCCN(Cc2ccc(F)cc2C(F)(F)F)[C@@H]1C(N)=O. The minimum absolute atomic E-state index is 0.103. The number of benzene rings is 1. The van der Waals surface area contributed by atoms with Gasteiger partial charge in [-0.15, -0.1) is 0 Å². The maximum Gasteiger partial charge on any atom is 0.416 e. The third-order valence-corrected chi connectivity index (χ3v) is 3.64. The number of carbonyl (C=O) groups is 1. The van der Waals surface area contributed by atoms with Crippen molar-refractivity contribution in [2.45, 2.75) is 31.8 Å². The van der Waals surface area contributed by atoms with E-state index in [1.54, 1.807) is 6.92 Å². The second kappa shape index (κ2) is 6.21. The summed E-state index contributed by atoms with van der Waals surface area (Å²) in [5, 5.41) is 0. The van der Waals surface area contributed by atoms with Gasteiger partial charge in [0.25, 0.3) is 0 Å². The number of hydrogen-bond donors (Lipinski definition) is 1. The van der Waals surface area contributed by atoms with Crippen molar-refractivity contribution < 1.29 is 27.1 Å². The number of nitrogens with zero attached hydrogens (tertiary/aromatic N) is 1. The number of alkyl halides is 3. The van der Waals surface area contributed by atoms with Crippen molar-refractivity contribution in [1.82, 2.24) is 4.90 Å². The zero-order valence-corrected chi connectivity index (χ0v) is 11.9. The Morgan fingerprint density at radius 3 is 2.73 bits per heavy atom. The highest BCUT2D eigenvalue weighted by atomic mass is 19.4. The number of rotatable bonds is 3. The Labute approximate surface area is 124 Å². The van der Waals surface area contributed by atoms with E-state index in [1.807, 2.05) is 0 Å². The van der Waals surface area contributed by atoms with Crippen LogP contribution in [0.25, 0.3) is 0 Å². The van der Waals surface area contributed by atoms with Crippen LogP contribution in [0.1, 0.15) is 18.1 Å². The molecule has 1 aliphatic heterocycles. The Kier molecular flexibility index (Phi) is 4.72. The second-order valence-corrected chi connectivity index (χ2v) is 5.19. The number of primary amides is 1. The molecule has 1 aromatic carbocycles. The number of nitrogens with two attached hydrogens (primary N) is 1. The van der Waals surface area contributed by atoms with Gasteiger partial charge in [-0.2, -0.15) is 13.2 Å². The largest absolute Gasteiger partial charge is 0.416 e. The number of amides is 1. The lowest BCUT2D eigenvalue weighted by Crippen LogP contribution is -2.56. The van der Waals surface area contributed by atoms with E-state index in [9.17, 15) is 22.4 Å². The average Bonchev–Trinajstić information content (AvgIpc) is 2.39. The maximum atomic E-state index is 13.1. The molecule has 1 aromatic rings. The lowest BCUT2D eigenvalue weighted by Gasteiger charge is -2.38. The summed E-state index contributed by atoms with van der Waals surface area (Å²) in [4.78, 5) is 13.0. The van der Waals surface area contributed by atoms with E-state index >= 15 is 0 Å². The first-order valence-corrected chi connectivity index (χ1v) is 6.70. The molecule has 122 valence electrons. The van der Waals surface area contributed by atoms with Crippen LogP contribution in [0, 0.1) is 5.82 Å². The average molecular weight is 320 g/mol. The number of ether oxygens (including phenoxy) is 1. The molecule has 1 saturated heterocycles. The molecule has 0 aliphatic carbocycles. The first kappa shape index (κ1) is 16.7. The van der Waals surface area contributed by atoms with Crippen LogP contribution in [0.4, 0.5) is 17.6 Å². The van der Waals surface area contributed by atoms with Crippen molar-refractivity contribution in [3.8, 4) is 0 Å². The molecule has 0 spiro atoms. The van der Waals surface area contributed by atoms with E-state index in [4.69, 9.17) is 10.5 Å². The highest BCUT2D eigenvalue weighted by Crippen LogP contribution is 2.33. The van der Waals surface area contributed by atoms with Gasteiger partial charge in [-0.3, -0.25) is 9.69 Å². The predicted molar refractivity (Wildman–Crippen MR) is 70.2 cm³/mol. The summed E-state index contributed by atoms with van der Waals surface area (Å²) < 4.78 is 57.5. The fraction of sp³-hybridized carbons (Fsp3) is 0.500. The fourth-order valence-corrected chi connectivity index (χ4v) is 2.64. The van der Waals surface area contributed by atoms with E-state index in [0.29, 0.717) is 6.07 Å². The van der Waals surface area contributed by atoms with Crippen molar-refractivity contribution in [2.75, 3.05) is 13.2 Å². The van der Waals surface area contributed by atoms with Gasteiger partial charge in [-0.05, 0) is 24.6 Å². The van der Waals surface area contributed by atoms with Crippen LogP contribution in [-0.2, 0) is 22.3 Å². The molecule has 1 aliphatic rings. The Hall–Kier alpha value is -1.67.